The number of hydrogen-bond acceptors (Lipinski definition) is 2. The van der Waals surface area contributed by atoms with Crippen molar-refractivity contribution in [2.24, 2.45) is 4.99 Å². The lowest BCUT2D eigenvalue weighted by Crippen LogP contribution is -2.17. The van der Waals surface area contributed by atoms with Crippen LogP contribution in [-0.4, -0.2) is 10.5 Å². The third-order valence-electron chi connectivity index (χ3n) is 4.02. The molecule has 0 saturated carbocycles. The minimum atomic E-state index is -0.415. The zero-order valence-corrected chi connectivity index (χ0v) is 15.3. The monoisotopic (exact) mass is 372 g/mol. The first-order chi connectivity index (χ1) is 12.5. The summed E-state index contributed by atoms with van der Waals surface area (Å²) in [5, 5.41) is 0. The molecule has 0 spiro atoms. The molecule has 0 aliphatic heterocycles. The number of benzene rings is 2. The standard InChI is InChI=1S/C20H18F2N2OS/c1-3-17-18(13-5-9-15(21)10-6-13)24(4-2)20(26-17)23-19(25)14-7-11-16(22)12-8-14/h5-12H,3-4H2,1-2H3. The van der Waals surface area contributed by atoms with E-state index in [4.69, 9.17) is 0 Å². The predicted octanol–water partition coefficient (Wildman–Crippen LogP) is 4.82. The van der Waals surface area contributed by atoms with Crippen LogP contribution in [0, 0.1) is 11.6 Å². The molecule has 2 aromatic carbocycles. The highest BCUT2D eigenvalue weighted by molar-refractivity contribution is 7.09. The summed E-state index contributed by atoms with van der Waals surface area (Å²) in [4.78, 5) is 18.3. The van der Waals surface area contributed by atoms with Gasteiger partial charge in [-0.3, -0.25) is 4.79 Å². The van der Waals surface area contributed by atoms with E-state index in [1.54, 1.807) is 12.1 Å². The van der Waals surface area contributed by atoms with Crippen LogP contribution >= 0.6 is 11.3 Å². The molecule has 3 nitrogen and oxygen atoms in total. The third kappa shape index (κ3) is 3.65. The Kier molecular flexibility index (Phi) is 5.42. The number of thiazole rings is 1. The molecular formula is C20H18F2N2OS. The second-order valence-corrected chi connectivity index (χ2v) is 6.75. The van der Waals surface area contributed by atoms with Gasteiger partial charge in [0.15, 0.2) is 4.80 Å². The molecular weight excluding hydrogens is 354 g/mol. The SMILES string of the molecule is CCc1sc(=NC(=O)c2ccc(F)cc2)n(CC)c1-c1ccc(F)cc1. The summed E-state index contributed by atoms with van der Waals surface area (Å²) in [6, 6.07) is 11.6. The van der Waals surface area contributed by atoms with E-state index in [2.05, 4.69) is 4.99 Å². The fourth-order valence-electron chi connectivity index (χ4n) is 2.74. The van der Waals surface area contributed by atoms with Crippen LogP contribution < -0.4 is 4.80 Å². The molecule has 0 saturated heterocycles. The van der Waals surface area contributed by atoms with Crippen LogP contribution in [0.25, 0.3) is 11.3 Å². The van der Waals surface area contributed by atoms with Crippen LogP contribution in [0.3, 0.4) is 0 Å². The average molecular weight is 372 g/mol. The Hall–Kier alpha value is -2.60. The average Bonchev–Trinajstić information content (AvgIpc) is 3.00. The van der Waals surface area contributed by atoms with Crippen LogP contribution in [0.1, 0.15) is 29.1 Å². The van der Waals surface area contributed by atoms with Gasteiger partial charge in [0.25, 0.3) is 5.91 Å². The van der Waals surface area contributed by atoms with E-state index < -0.39 is 11.7 Å². The molecule has 0 N–H and O–H groups in total. The minimum Gasteiger partial charge on any atom is -0.316 e. The summed E-state index contributed by atoms with van der Waals surface area (Å²) in [5.41, 5.74) is 2.17. The van der Waals surface area contributed by atoms with Crippen molar-refractivity contribution in [2.45, 2.75) is 26.8 Å². The highest BCUT2D eigenvalue weighted by atomic mass is 32.1. The van der Waals surface area contributed by atoms with Crippen molar-refractivity contribution < 1.29 is 13.6 Å². The zero-order valence-electron chi connectivity index (χ0n) is 14.5. The van der Waals surface area contributed by atoms with Gasteiger partial charge in [-0.2, -0.15) is 4.99 Å². The number of carbonyl (C=O) groups excluding carboxylic acids is 1. The normalized spacial score (nSPS) is 11.8. The number of carbonyl (C=O) groups is 1. The Bertz CT molecular complexity index is 986. The van der Waals surface area contributed by atoms with E-state index in [1.165, 1.54) is 47.7 Å². The lowest BCUT2D eigenvalue weighted by atomic mass is 10.1. The highest BCUT2D eigenvalue weighted by Crippen LogP contribution is 2.26. The first-order valence-corrected chi connectivity index (χ1v) is 9.18. The van der Waals surface area contributed by atoms with Crippen molar-refractivity contribution in [1.29, 1.82) is 0 Å². The van der Waals surface area contributed by atoms with Crippen LogP contribution in [0.5, 0.6) is 0 Å². The third-order valence-corrected chi connectivity index (χ3v) is 5.25. The second-order valence-electron chi connectivity index (χ2n) is 5.68. The van der Waals surface area contributed by atoms with Gasteiger partial charge in [0.05, 0.1) is 5.69 Å². The van der Waals surface area contributed by atoms with Crippen molar-refractivity contribution >= 4 is 17.2 Å². The smallest absolute Gasteiger partial charge is 0.279 e. The highest BCUT2D eigenvalue weighted by Gasteiger charge is 2.15. The molecule has 0 bridgehead atoms. The molecule has 0 aliphatic rings. The van der Waals surface area contributed by atoms with Gasteiger partial charge in [0.1, 0.15) is 11.6 Å². The molecule has 1 aromatic heterocycles. The zero-order chi connectivity index (χ0) is 18.7. The molecule has 1 heterocycles. The van der Waals surface area contributed by atoms with Gasteiger partial charge < -0.3 is 4.57 Å². The van der Waals surface area contributed by atoms with Gasteiger partial charge in [-0.25, -0.2) is 8.78 Å². The number of aromatic nitrogens is 1. The number of hydrogen-bond donors (Lipinski definition) is 0. The van der Waals surface area contributed by atoms with Crippen LogP contribution in [0.2, 0.25) is 0 Å². The molecule has 0 atom stereocenters. The minimum absolute atomic E-state index is 0.290. The number of amides is 1. The van der Waals surface area contributed by atoms with Gasteiger partial charge in [-0.05, 0) is 67.4 Å². The molecule has 134 valence electrons. The summed E-state index contributed by atoms with van der Waals surface area (Å²) < 4.78 is 28.3. The summed E-state index contributed by atoms with van der Waals surface area (Å²) in [6.45, 7) is 4.63. The molecule has 6 heteroatoms. The van der Waals surface area contributed by atoms with E-state index in [9.17, 15) is 13.6 Å². The van der Waals surface area contributed by atoms with Gasteiger partial charge >= 0.3 is 0 Å². The topological polar surface area (TPSA) is 34.4 Å². The lowest BCUT2D eigenvalue weighted by molar-refractivity contribution is 0.0998. The van der Waals surface area contributed by atoms with Crippen LogP contribution in [0.15, 0.2) is 53.5 Å². The quantitative estimate of drug-likeness (QED) is 0.647. The maximum Gasteiger partial charge on any atom is 0.279 e. The Morgan fingerprint density at radius 1 is 1.00 bits per heavy atom. The van der Waals surface area contributed by atoms with Gasteiger partial charge in [0.2, 0.25) is 0 Å². The fraction of sp³-hybridized carbons (Fsp3) is 0.200. The van der Waals surface area contributed by atoms with E-state index in [-0.39, 0.29) is 5.82 Å². The van der Waals surface area contributed by atoms with Crippen molar-refractivity contribution in [1.82, 2.24) is 4.57 Å². The molecule has 0 unspecified atom stereocenters. The van der Waals surface area contributed by atoms with Crippen LogP contribution in [0.4, 0.5) is 8.78 Å². The van der Waals surface area contributed by atoms with Crippen LogP contribution in [-0.2, 0) is 13.0 Å². The lowest BCUT2D eigenvalue weighted by Gasteiger charge is -2.08. The Morgan fingerprint density at radius 3 is 2.12 bits per heavy atom. The van der Waals surface area contributed by atoms with Crippen molar-refractivity contribution in [3.63, 3.8) is 0 Å². The number of rotatable bonds is 4. The summed E-state index contributed by atoms with van der Waals surface area (Å²) in [7, 11) is 0. The van der Waals surface area contributed by atoms with Crippen molar-refractivity contribution in [3.05, 3.63) is 75.4 Å². The van der Waals surface area contributed by atoms with Gasteiger partial charge in [-0.15, -0.1) is 11.3 Å². The largest absolute Gasteiger partial charge is 0.316 e. The molecule has 3 aromatic rings. The van der Waals surface area contributed by atoms with E-state index >= 15 is 0 Å². The summed E-state index contributed by atoms with van der Waals surface area (Å²) in [6.07, 6.45) is 0.775. The fourth-order valence-corrected chi connectivity index (χ4v) is 3.89. The number of nitrogens with zero attached hydrogens (tertiary/aromatic N) is 2. The Morgan fingerprint density at radius 2 is 1.58 bits per heavy atom. The summed E-state index contributed by atoms with van der Waals surface area (Å²) in [5.74, 6) is -1.10. The molecule has 0 aliphatic carbocycles. The van der Waals surface area contributed by atoms with Gasteiger partial charge in [0, 0.05) is 17.0 Å². The molecule has 3 rings (SSSR count). The number of aryl methyl sites for hydroxylation is 1. The first kappa shape index (κ1) is 18.2. The van der Waals surface area contributed by atoms with E-state index in [1.807, 2.05) is 18.4 Å². The van der Waals surface area contributed by atoms with E-state index in [0.29, 0.717) is 16.9 Å². The molecule has 1 amide bonds. The Balaban J connectivity index is 2.12. The second kappa shape index (κ2) is 7.74. The summed E-state index contributed by atoms with van der Waals surface area (Å²) >= 11 is 1.44. The van der Waals surface area contributed by atoms with E-state index in [0.717, 1.165) is 22.6 Å². The van der Waals surface area contributed by atoms with Gasteiger partial charge in [-0.1, -0.05) is 6.92 Å². The molecule has 26 heavy (non-hydrogen) atoms. The maximum absolute atomic E-state index is 13.3. The van der Waals surface area contributed by atoms with Crippen molar-refractivity contribution in [3.8, 4) is 11.3 Å². The Labute approximate surface area is 154 Å². The molecule has 0 radical (unpaired) electrons. The maximum atomic E-state index is 13.3. The number of halogens is 2. The molecule has 0 fully saturated rings. The van der Waals surface area contributed by atoms with Crippen molar-refractivity contribution in [2.75, 3.05) is 0 Å². The first-order valence-electron chi connectivity index (χ1n) is 8.36. The predicted molar refractivity (Wildman–Crippen MR) is 99.0 cm³/mol.